The summed E-state index contributed by atoms with van der Waals surface area (Å²) in [5, 5.41) is 17.0. The van der Waals surface area contributed by atoms with Gasteiger partial charge in [0.1, 0.15) is 18.6 Å². The van der Waals surface area contributed by atoms with Crippen LogP contribution in [0.25, 0.3) is 16.6 Å². The third-order valence-electron chi connectivity index (χ3n) is 11.7. The van der Waals surface area contributed by atoms with Gasteiger partial charge in [0.15, 0.2) is 0 Å². The van der Waals surface area contributed by atoms with Gasteiger partial charge in [0.25, 0.3) is 0 Å². The van der Waals surface area contributed by atoms with E-state index >= 15 is 0 Å². The number of carbonyl (C=O) groups is 4. The second kappa shape index (κ2) is 21.1. The van der Waals surface area contributed by atoms with Crippen molar-refractivity contribution in [1.29, 1.82) is 5.26 Å². The predicted molar refractivity (Wildman–Crippen MR) is 237 cm³/mol. The summed E-state index contributed by atoms with van der Waals surface area (Å²) in [5.74, 6) is 0.452. The number of aryl methyl sites for hydroxylation is 1. The van der Waals surface area contributed by atoms with E-state index in [0.717, 1.165) is 86.3 Å². The van der Waals surface area contributed by atoms with Crippen LogP contribution in [0.5, 0.6) is 0 Å². The second-order valence-electron chi connectivity index (χ2n) is 15.7. The first kappa shape index (κ1) is 43.3. The Morgan fingerprint density at radius 1 is 1.10 bits per heavy atom. The Balaban J connectivity index is 0.981. The number of anilines is 2. The van der Waals surface area contributed by atoms with E-state index in [1.807, 2.05) is 66.6 Å². The molecule has 0 bridgehead atoms. The highest BCUT2D eigenvalue weighted by molar-refractivity contribution is 5.95. The first-order valence-electron chi connectivity index (χ1n) is 20.8. The number of fused-ring (bicyclic) bond motifs is 1. The van der Waals surface area contributed by atoms with E-state index in [-0.39, 0.29) is 24.9 Å². The van der Waals surface area contributed by atoms with Crippen molar-refractivity contribution in [3.8, 4) is 6.07 Å². The van der Waals surface area contributed by atoms with Gasteiger partial charge in [-0.25, -0.2) is 4.79 Å². The Hall–Kier alpha value is -6.33. The lowest BCUT2D eigenvalue weighted by Gasteiger charge is -2.41. The molecule has 0 saturated carbocycles. The quantitative estimate of drug-likeness (QED) is 0.228. The van der Waals surface area contributed by atoms with Crippen molar-refractivity contribution in [2.45, 2.75) is 51.6 Å². The largest absolute Gasteiger partial charge is 0.391 e. The molecule has 0 aliphatic carbocycles. The number of aliphatic imine (C=N–C) groups is 1. The van der Waals surface area contributed by atoms with E-state index in [1.54, 1.807) is 12.4 Å². The molecule has 14 nitrogen and oxygen atoms in total. The van der Waals surface area contributed by atoms with Gasteiger partial charge in [-0.3, -0.25) is 19.7 Å². The Bertz CT molecular complexity index is 2150. The predicted octanol–water partition coefficient (Wildman–Crippen LogP) is 4.90. The molecule has 3 unspecified atom stereocenters. The fourth-order valence-corrected chi connectivity index (χ4v) is 8.37. The first-order chi connectivity index (χ1) is 29.2. The van der Waals surface area contributed by atoms with Crippen LogP contribution in [0.3, 0.4) is 0 Å². The monoisotopic (exact) mass is 812 g/mol. The van der Waals surface area contributed by atoms with Gasteiger partial charge >= 0.3 is 6.03 Å². The number of pyridine rings is 1. The van der Waals surface area contributed by atoms with Gasteiger partial charge in [-0.1, -0.05) is 12.6 Å². The highest BCUT2D eigenvalue weighted by Crippen LogP contribution is 2.31. The SMILES string of the molecule is C=C(c1ccc(N2CCN(CC3CCN=C/C(NC(=O)N4CCN(c5ccc(C#N)c6ncccc56)C(C)C4)=C\C=C\NCC3)CC2)cc1C)N(C=O)C(C=O)CCC=O. The molecule has 1 aromatic heterocycles. The maximum absolute atomic E-state index is 13.5. The number of urea groups is 1. The number of hydrogen-bond acceptors (Lipinski definition) is 11. The Morgan fingerprint density at radius 2 is 1.93 bits per heavy atom. The number of nitrogens with one attached hydrogen (secondary N) is 2. The number of aldehydes is 2. The number of allylic oxidation sites excluding steroid dienone is 3. The number of piperazine rings is 2. The lowest BCUT2D eigenvalue weighted by Crippen LogP contribution is -2.56. The van der Waals surface area contributed by atoms with Gasteiger partial charge < -0.3 is 39.8 Å². The minimum atomic E-state index is -0.736. The minimum absolute atomic E-state index is 0.0538. The molecule has 3 aromatic rings. The molecule has 3 aliphatic rings. The molecule has 0 radical (unpaired) electrons. The van der Waals surface area contributed by atoms with Crippen molar-refractivity contribution < 1.29 is 19.2 Å². The van der Waals surface area contributed by atoms with Gasteiger partial charge in [0.2, 0.25) is 6.41 Å². The molecule has 0 spiro atoms. The van der Waals surface area contributed by atoms with Gasteiger partial charge in [0.05, 0.1) is 22.8 Å². The molecule has 314 valence electrons. The number of nitrogens with zero attached hydrogens (tertiary/aromatic N) is 8. The van der Waals surface area contributed by atoms with Crippen LogP contribution in [0.1, 0.15) is 49.3 Å². The fraction of sp³-hybridized carbons (Fsp3) is 0.413. The molecule has 2 N–H and O–H groups in total. The number of amides is 3. The molecule has 14 heteroatoms. The molecule has 6 rings (SSSR count). The van der Waals surface area contributed by atoms with E-state index in [4.69, 9.17) is 4.99 Å². The number of benzene rings is 2. The lowest BCUT2D eigenvalue weighted by molar-refractivity contribution is -0.122. The van der Waals surface area contributed by atoms with Gasteiger partial charge in [-0.2, -0.15) is 5.26 Å². The summed E-state index contributed by atoms with van der Waals surface area (Å²) in [7, 11) is 0. The van der Waals surface area contributed by atoms with Crippen LogP contribution in [0.4, 0.5) is 16.2 Å². The lowest BCUT2D eigenvalue weighted by atomic mass is 9.99. The van der Waals surface area contributed by atoms with Crippen molar-refractivity contribution >= 4 is 59.2 Å². The molecule has 60 heavy (non-hydrogen) atoms. The Kier molecular flexibility index (Phi) is 15.2. The van der Waals surface area contributed by atoms with Crippen molar-refractivity contribution in [2.75, 3.05) is 75.2 Å². The average molecular weight is 813 g/mol. The highest BCUT2D eigenvalue weighted by atomic mass is 16.2. The van der Waals surface area contributed by atoms with Crippen LogP contribution in [-0.2, 0) is 14.4 Å². The summed E-state index contributed by atoms with van der Waals surface area (Å²) in [6, 6.07) is 15.2. The van der Waals surface area contributed by atoms with Crippen LogP contribution in [0, 0.1) is 24.2 Å². The topological polar surface area (TPSA) is 158 Å². The molecule has 2 aromatic carbocycles. The zero-order chi connectivity index (χ0) is 42.4. The molecule has 2 saturated heterocycles. The summed E-state index contributed by atoms with van der Waals surface area (Å²) >= 11 is 0. The molecule has 3 atom stereocenters. The van der Waals surface area contributed by atoms with Gasteiger partial charge in [-0.05, 0) is 99.3 Å². The smallest absolute Gasteiger partial charge is 0.322 e. The van der Waals surface area contributed by atoms with Crippen LogP contribution in [-0.4, -0.2) is 128 Å². The van der Waals surface area contributed by atoms with Crippen molar-refractivity contribution in [3.63, 3.8) is 0 Å². The molecular weight excluding hydrogens is 757 g/mol. The molecule has 3 amide bonds. The van der Waals surface area contributed by atoms with E-state index in [0.29, 0.717) is 67.3 Å². The Labute approximate surface area is 352 Å². The summed E-state index contributed by atoms with van der Waals surface area (Å²) in [6.45, 7) is 16.1. The summed E-state index contributed by atoms with van der Waals surface area (Å²) in [6.07, 6.45) is 13.6. The normalized spacial score (nSPS) is 20.9. The third kappa shape index (κ3) is 10.6. The van der Waals surface area contributed by atoms with Crippen LogP contribution in [0.15, 0.2) is 84.3 Å². The van der Waals surface area contributed by atoms with E-state index < -0.39 is 6.04 Å². The van der Waals surface area contributed by atoms with E-state index in [9.17, 15) is 24.4 Å². The second-order valence-corrected chi connectivity index (χ2v) is 15.7. The molecule has 3 aliphatic heterocycles. The first-order valence-corrected chi connectivity index (χ1v) is 20.8. The van der Waals surface area contributed by atoms with E-state index in [2.05, 4.69) is 56.0 Å². The van der Waals surface area contributed by atoms with Crippen molar-refractivity contribution in [1.82, 2.24) is 30.3 Å². The maximum Gasteiger partial charge on any atom is 0.322 e. The maximum atomic E-state index is 13.5. The fourth-order valence-electron chi connectivity index (χ4n) is 8.37. The zero-order valence-corrected chi connectivity index (χ0v) is 34.7. The average Bonchev–Trinajstić information content (AvgIpc) is 3.26. The summed E-state index contributed by atoms with van der Waals surface area (Å²) in [5.41, 5.74) is 6.19. The zero-order valence-electron chi connectivity index (χ0n) is 34.7. The van der Waals surface area contributed by atoms with Gasteiger partial charge in [-0.15, -0.1) is 0 Å². The molecule has 2 fully saturated rings. The number of nitriles is 1. The van der Waals surface area contributed by atoms with E-state index in [1.165, 1.54) is 4.90 Å². The standard InChI is InChI=1S/C46H56N10O4/c1-34-27-40(11-12-42(34)36(3)56(33-59)41(32-58)8-6-26-57)53-22-20-52(21-23-53)31-37-14-18-48-16-4-7-39(29-49-19-15-37)51-46(60)54-24-25-55(35(2)30-54)44-13-10-38(28-47)45-43(44)9-5-17-50-45/h4-5,7,9-13,16-17,26-27,29,32-33,35,37,41,48H,3,6,8,14-15,18-25,30-31H2,1-2H3,(H,51,60)/b16-4+,39-7+,49-29?. The molecule has 4 heterocycles. The number of hydrogen-bond donors (Lipinski definition) is 2. The number of rotatable bonds is 13. The van der Waals surface area contributed by atoms with Crippen LogP contribution in [0.2, 0.25) is 0 Å². The highest BCUT2D eigenvalue weighted by Gasteiger charge is 2.29. The van der Waals surface area contributed by atoms with Crippen molar-refractivity contribution in [3.05, 3.63) is 96.0 Å². The third-order valence-corrected chi connectivity index (χ3v) is 11.7. The van der Waals surface area contributed by atoms with Crippen molar-refractivity contribution in [2.24, 2.45) is 10.9 Å². The summed E-state index contributed by atoms with van der Waals surface area (Å²) in [4.78, 5) is 67.6. The number of carbonyl (C=O) groups excluding carboxylic acids is 4. The van der Waals surface area contributed by atoms with Gasteiger partial charge in [0, 0.05) is 118 Å². The Morgan fingerprint density at radius 3 is 2.67 bits per heavy atom. The van der Waals surface area contributed by atoms with Crippen LogP contribution >= 0.6 is 0 Å². The van der Waals surface area contributed by atoms with Crippen LogP contribution < -0.4 is 20.4 Å². The number of aromatic nitrogens is 1. The summed E-state index contributed by atoms with van der Waals surface area (Å²) < 4.78 is 0. The minimum Gasteiger partial charge on any atom is -0.391 e. The molecular formula is C46H56N10O4.